The lowest BCUT2D eigenvalue weighted by Gasteiger charge is -2.24. The van der Waals surface area contributed by atoms with Gasteiger partial charge >= 0.3 is 0 Å². The minimum Gasteiger partial charge on any atom is -0.398 e. The number of imidazole rings is 1. The van der Waals surface area contributed by atoms with Gasteiger partial charge in [0, 0.05) is 18.3 Å². The van der Waals surface area contributed by atoms with Crippen molar-refractivity contribution in [2.45, 2.75) is 64.6 Å². The number of hydrogen-bond donors (Lipinski definition) is 4. The molecule has 0 aliphatic heterocycles. The molecule has 4 rings (SSSR count). The van der Waals surface area contributed by atoms with E-state index in [0.29, 0.717) is 41.1 Å². The second-order valence-corrected chi connectivity index (χ2v) is 8.89. The molecule has 32 heavy (non-hydrogen) atoms. The van der Waals surface area contributed by atoms with Gasteiger partial charge in [0.25, 0.3) is 0 Å². The number of anilines is 3. The molecule has 1 saturated carbocycles. The van der Waals surface area contributed by atoms with Crippen LogP contribution in [0.2, 0.25) is 0 Å². The smallest absolute Gasteiger partial charge is 0.227 e. The molecule has 0 radical (unpaired) electrons. The number of nitrogens with two attached hydrogens (primary N) is 1. The fourth-order valence-electron chi connectivity index (χ4n) is 4.23. The van der Waals surface area contributed by atoms with Gasteiger partial charge in [-0.3, -0.25) is 0 Å². The number of halogens is 1. The second kappa shape index (κ2) is 9.68. The van der Waals surface area contributed by atoms with Crippen molar-refractivity contribution in [2.24, 2.45) is 5.92 Å². The van der Waals surface area contributed by atoms with Crippen LogP contribution in [0.25, 0.3) is 11.2 Å². The molecule has 1 fully saturated rings. The number of aliphatic hydroxyl groups is 1. The van der Waals surface area contributed by atoms with Crippen molar-refractivity contribution in [1.29, 1.82) is 0 Å². The summed E-state index contributed by atoms with van der Waals surface area (Å²) in [5.74, 6) is 0.843. The largest absolute Gasteiger partial charge is 0.398 e. The van der Waals surface area contributed by atoms with Crippen LogP contribution in [0.5, 0.6) is 0 Å². The van der Waals surface area contributed by atoms with E-state index in [4.69, 9.17) is 10.7 Å². The van der Waals surface area contributed by atoms with Gasteiger partial charge in [-0.1, -0.05) is 33.1 Å². The Balaban J connectivity index is 1.70. The molecule has 0 bridgehead atoms. The van der Waals surface area contributed by atoms with E-state index >= 15 is 0 Å². The number of hydrogen-bond acceptors (Lipinski definition) is 7. The third kappa shape index (κ3) is 4.77. The zero-order valence-corrected chi connectivity index (χ0v) is 18.7. The van der Waals surface area contributed by atoms with E-state index in [2.05, 4.69) is 25.2 Å². The lowest BCUT2D eigenvalue weighted by atomic mass is 9.95. The highest BCUT2D eigenvalue weighted by atomic mass is 19.1. The molecule has 3 aromatic rings. The van der Waals surface area contributed by atoms with E-state index in [1.807, 2.05) is 20.2 Å². The fourth-order valence-corrected chi connectivity index (χ4v) is 4.23. The van der Waals surface area contributed by atoms with Gasteiger partial charge in [0.05, 0.1) is 19.0 Å². The molecule has 9 heteroatoms. The molecule has 5 N–H and O–H groups in total. The standard InChI is InChI=1S/C23H32FN7O/c1-14(2)19(12-32)28-23-29-21(26-11-15-10-16(24)8-9-18(15)25)20-22(30-23)31(13-27-20)17-6-4-3-5-7-17/h8-10,13-14,17,19,32H,3-7,11-12,25H2,1-2H3,(H2,26,28,29,30). The average molecular weight is 442 g/mol. The number of nitrogens with one attached hydrogen (secondary N) is 2. The number of aliphatic hydroxyl groups excluding tert-OH is 1. The Bertz CT molecular complexity index is 1060. The maximum absolute atomic E-state index is 13.7. The zero-order chi connectivity index (χ0) is 22.7. The highest BCUT2D eigenvalue weighted by Gasteiger charge is 2.22. The molecule has 1 aromatic carbocycles. The molecule has 2 heterocycles. The van der Waals surface area contributed by atoms with Crippen molar-refractivity contribution in [1.82, 2.24) is 19.5 Å². The van der Waals surface area contributed by atoms with Gasteiger partial charge in [-0.05, 0) is 42.5 Å². The summed E-state index contributed by atoms with van der Waals surface area (Å²) in [7, 11) is 0. The molecule has 1 aliphatic carbocycles. The summed E-state index contributed by atoms with van der Waals surface area (Å²) in [6.07, 6.45) is 7.71. The van der Waals surface area contributed by atoms with Gasteiger partial charge in [-0.2, -0.15) is 9.97 Å². The number of fused-ring (bicyclic) bond motifs is 1. The van der Waals surface area contributed by atoms with Crippen LogP contribution in [-0.4, -0.2) is 37.3 Å². The summed E-state index contributed by atoms with van der Waals surface area (Å²) in [6, 6.07) is 4.51. The number of rotatable bonds is 8. The van der Waals surface area contributed by atoms with Gasteiger partial charge in [0.2, 0.25) is 5.95 Å². The van der Waals surface area contributed by atoms with E-state index < -0.39 is 0 Å². The van der Waals surface area contributed by atoms with Crippen LogP contribution in [0.3, 0.4) is 0 Å². The van der Waals surface area contributed by atoms with E-state index in [9.17, 15) is 9.50 Å². The molecule has 0 amide bonds. The molecule has 172 valence electrons. The molecular weight excluding hydrogens is 409 g/mol. The highest BCUT2D eigenvalue weighted by molar-refractivity contribution is 5.84. The van der Waals surface area contributed by atoms with Crippen LogP contribution in [-0.2, 0) is 6.54 Å². The molecule has 8 nitrogen and oxygen atoms in total. The maximum Gasteiger partial charge on any atom is 0.227 e. The first-order valence-corrected chi connectivity index (χ1v) is 11.4. The van der Waals surface area contributed by atoms with Crippen molar-refractivity contribution in [3.05, 3.63) is 35.9 Å². The van der Waals surface area contributed by atoms with Crippen molar-refractivity contribution >= 4 is 28.6 Å². The minimum atomic E-state index is -0.338. The molecule has 0 saturated heterocycles. The molecule has 2 aromatic heterocycles. The van der Waals surface area contributed by atoms with Crippen molar-refractivity contribution in [3.8, 4) is 0 Å². The lowest BCUT2D eigenvalue weighted by molar-refractivity contribution is 0.248. The summed E-state index contributed by atoms with van der Waals surface area (Å²) in [6.45, 7) is 4.34. The van der Waals surface area contributed by atoms with Crippen LogP contribution >= 0.6 is 0 Å². The number of aromatic nitrogens is 4. The Kier molecular flexibility index (Phi) is 6.74. The first-order chi connectivity index (χ1) is 15.5. The highest BCUT2D eigenvalue weighted by Crippen LogP contribution is 2.32. The van der Waals surface area contributed by atoms with Gasteiger partial charge < -0.3 is 26.0 Å². The predicted molar refractivity (Wildman–Crippen MR) is 125 cm³/mol. The molecule has 1 aliphatic rings. The van der Waals surface area contributed by atoms with Crippen LogP contribution in [0, 0.1) is 11.7 Å². The fraction of sp³-hybridized carbons (Fsp3) is 0.522. The summed E-state index contributed by atoms with van der Waals surface area (Å²) in [5.41, 5.74) is 8.59. The summed E-state index contributed by atoms with van der Waals surface area (Å²) in [4.78, 5) is 14.0. The normalized spacial score (nSPS) is 15.9. The topological polar surface area (TPSA) is 114 Å². The summed E-state index contributed by atoms with van der Waals surface area (Å²) < 4.78 is 15.8. The van der Waals surface area contributed by atoms with Crippen LogP contribution in [0.4, 0.5) is 21.8 Å². The Hall–Kier alpha value is -2.94. The van der Waals surface area contributed by atoms with Crippen LogP contribution < -0.4 is 16.4 Å². The van der Waals surface area contributed by atoms with E-state index in [1.54, 1.807) is 6.07 Å². The van der Waals surface area contributed by atoms with E-state index in [-0.39, 0.29) is 24.4 Å². The van der Waals surface area contributed by atoms with Gasteiger partial charge in [0.1, 0.15) is 5.82 Å². The Labute approximate surface area is 187 Å². The molecule has 0 spiro atoms. The monoisotopic (exact) mass is 441 g/mol. The van der Waals surface area contributed by atoms with Gasteiger partial charge in [-0.25, -0.2) is 9.37 Å². The minimum absolute atomic E-state index is 0.0243. The number of nitrogens with zero attached hydrogens (tertiary/aromatic N) is 4. The third-order valence-corrected chi connectivity index (χ3v) is 6.26. The van der Waals surface area contributed by atoms with Gasteiger partial charge in [-0.15, -0.1) is 0 Å². The quantitative estimate of drug-likeness (QED) is 0.389. The Morgan fingerprint density at radius 3 is 2.72 bits per heavy atom. The van der Waals surface area contributed by atoms with Crippen molar-refractivity contribution in [2.75, 3.05) is 23.0 Å². The first-order valence-electron chi connectivity index (χ1n) is 11.4. The Morgan fingerprint density at radius 1 is 1.22 bits per heavy atom. The average Bonchev–Trinajstić information content (AvgIpc) is 3.22. The number of nitrogen functional groups attached to an aromatic ring is 1. The van der Waals surface area contributed by atoms with E-state index in [0.717, 1.165) is 18.5 Å². The number of benzene rings is 1. The summed E-state index contributed by atoms with van der Waals surface area (Å²) >= 11 is 0. The van der Waals surface area contributed by atoms with Crippen LogP contribution in [0.1, 0.15) is 57.6 Å². The van der Waals surface area contributed by atoms with E-state index in [1.165, 1.54) is 31.4 Å². The zero-order valence-electron chi connectivity index (χ0n) is 18.7. The molecule has 1 atom stereocenters. The third-order valence-electron chi connectivity index (χ3n) is 6.26. The van der Waals surface area contributed by atoms with Crippen molar-refractivity contribution in [3.63, 3.8) is 0 Å². The van der Waals surface area contributed by atoms with Crippen molar-refractivity contribution < 1.29 is 9.50 Å². The Morgan fingerprint density at radius 2 is 2.00 bits per heavy atom. The second-order valence-electron chi connectivity index (χ2n) is 8.89. The summed E-state index contributed by atoms with van der Waals surface area (Å²) in [5, 5.41) is 16.3. The molecular formula is C23H32FN7O. The first kappa shape index (κ1) is 22.3. The SMILES string of the molecule is CC(C)C(CO)Nc1nc(NCc2cc(F)ccc2N)c2ncn(C3CCCCC3)c2n1. The predicted octanol–water partition coefficient (Wildman–Crippen LogP) is 4.09. The van der Waals surface area contributed by atoms with Gasteiger partial charge in [0.15, 0.2) is 17.0 Å². The maximum atomic E-state index is 13.7. The lowest BCUT2D eigenvalue weighted by Crippen LogP contribution is -2.30. The van der Waals surface area contributed by atoms with Crippen LogP contribution in [0.15, 0.2) is 24.5 Å². The molecule has 1 unspecified atom stereocenters.